The number of nitrogens with zero attached hydrogens (tertiary/aromatic N) is 3. The highest BCUT2D eigenvalue weighted by Crippen LogP contribution is 2.23. The third kappa shape index (κ3) is 2.86. The molecule has 1 amide bonds. The van der Waals surface area contributed by atoms with E-state index in [1.165, 1.54) is 0 Å². The summed E-state index contributed by atoms with van der Waals surface area (Å²) in [5.74, 6) is 0.781. The van der Waals surface area contributed by atoms with Crippen LogP contribution in [0.2, 0.25) is 0 Å². The second-order valence-electron chi connectivity index (χ2n) is 6.61. The van der Waals surface area contributed by atoms with Gasteiger partial charge in [0, 0.05) is 18.0 Å². The van der Waals surface area contributed by atoms with Gasteiger partial charge in [0.25, 0.3) is 0 Å². The van der Waals surface area contributed by atoms with E-state index >= 15 is 0 Å². The first-order chi connectivity index (χ1) is 10.3. The Balaban J connectivity index is 1.61. The Hall–Kier alpha value is -2.24. The van der Waals surface area contributed by atoms with Crippen LogP contribution in [0.15, 0.2) is 24.5 Å². The lowest BCUT2D eigenvalue weighted by Crippen LogP contribution is -2.57. The van der Waals surface area contributed by atoms with Crippen molar-refractivity contribution < 1.29 is 14.3 Å². The lowest BCUT2D eigenvalue weighted by Gasteiger charge is -2.39. The van der Waals surface area contributed by atoms with Crippen LogP contribution < -0.4 is 4.74 Å². The molecule has 22 heavy (non-hydrogen) atoms. The van der Waals surface area contributed by atoms with Crippen LogP contribution in [0.4, 0.5) is 4.79 Å². The maximum absolute atomic E-state index is 11.9. The lowest BCUT2D eigenvalue weighted by atomic mass is 10.2. The van der Waals surface area contributed by atoms with E-state index in [-0.39, 0.29) is 12.2 Å². The molecular formula is C16H21N3O3. The topological polar surface area (TPSA) is 56.1 Å². The summed E-state index contributed by atoms with van der Waals surface area (Å²) in [6.07, 6.45) is 3.31. The Morgan fingerprint density at radius 1 is 1.27 bits per heavy atom. The summed E-state index contributed by atoms with van der Waals surface area (Å²) in [6.45, 7) is 8.67. The SMILES string of the molecule is Cc1cncc2ccc(OC3CN(C(=O)OC(C)(C)C)C3)n12. The third-order valence-electron chi connectivity index (χ3n) is 3.48. The van der Waals surface area contributed by atoms with Crippen molar-refractivity contribution in [3.8, 4) is 5.88 Å². The number of carbonyl (C=O) groups is 1. The molecule has 118 valence electrons. The molecule has 1 fully saturated rings. The van der Waals surface area contributed by atoms with E-state index in [1.807, 2.05) is 44.2 Å². The van der Waals surface area contributed by atoms with Crippen molar-refractivity contribution in [1.29, 1.82) is 0 Å². The fraction of sp³-hybridized carbons (Fsp3) is 0.500. The predicted molar refractivity (Wildman–Crippen MR) is 82.2 cm³/mol. The molecule has 0 atom stereocenters. The van der Waals surface area contributed by atoms with Gasteiger partial charge in [-0.3, -0.25) is 9.38 Å². The molecule has 2 aromatic rings. The Morgan fingerprint density at radius 3 is 2.68 bits per heavy atom. The molecule has 0 aliphatic carbocycles. The summed E-state index contributed by atoms with van der Waals surface area (Å²) in [5, 5.41) is 0. The predicted octanol–water partition coefficient (Wildman–Crippen LogP) is 2.64. The van der Waals surface area contributed by atoms with Gasteiger partial charge in [0.1, 0.15) is 11.7 Å². The van der Waals surface area contributed by atoms with Crippen molar-refractivity contribution >= 4 is 11.6 Å². The highest BCUT2D eigenvalue weighted by atomic mass is 16.6. The Morgan fingerprint density at radius 2 is 2.00 bits per heavy atom. The van der Waals surface area contributed by atoms with Crippen molar-refractivity contribution in [2.24, 2.45) is 0 Å². The largest absolute Gasteiger partial charge is 0.471 e. The Kier molecular flexibility index (Phi) is 3.47. The van der Waals surface area contributed by atoms with Crippen LogP contribution in [0.5, 0.6) is 5.88 Å². The van der Waals surface area contributed by atoms with Gasteiger partial charge < -0.3 is 14.4 Å². The van der Waals surface area contributed by atoms with E-state index in [9.17, 15) is 4.79 Å². The number of aryl methyl sites for hydroxylation is 1. The first-order valence-corrected chi connectivity index (χ1v) is 7.40. The standard InChI is InChI=1S/C16H21N3O3/c1-11-7-17-8-12-5-6-14(19(11)12)21-13-9-18(10-13)15(20)22-16(2,3)4/h5-8,13H,9-10H2,1-4H3. The van der Waals surface area contributed by atoms with Gasteiger partial charge in [-0.05, 0) is 33.8 Å². The highest BCUT2D eigenvalue weighted by Gasteiger charge is 2.35. The van der Waals surface area contributed by atoms with Gasteiger partial charge >= 0.3 is 6.09 Å². The molecule has 0 bridgehead atoms. The fourth-order valence-corrected chi connectivity index (χ4v) is 2.44. The van der Waals surface area contributed by atoms with Crippen LogP contribution in [0.1, 0.15) is 26.5 Å². The van der Waals surface area contributed by atoms with E-state index in [0.717, 1.165) is 17.1 Å². The van der Waals surface area contributed by atoms with Gasteiger partial charge in [0.05, 0.1) is 24.8 Å². The first kappa shape index (κ1) is 14.7. The summed E-state index contributed by atoms with van der Waals surface area (Å²) in [4.78, 5) is 17.7. The fourth-order valence-electron chi connectivity index (χ4n) is 2.44. The average molecular weight is 303 g/mol. The van der Waals surface area contributed by atoms with E-state index in [4.69, 9.17) is 9.47 Å². The number of hydrogen-bond donors (Lipinski definition) is 0. The van der Waals surface area contributed by atoms with Crippen molar-refractivity contribution in [2.45, 2.75) is 39.4 Å². The minimum Gasteiger partial charge on any atom is -0.471 e. The monoisotopic (exact) mass is 303 g/mol. The molecule has 0 aromatic carbocycles. The van der Waals surface area contributed by atoms with Crippen LogP contribution in [0.3, 0.4) is 0 Å². The van der Waals surface area contributed by atoms with Gasteiger partial charge in [0.15, 0.2) is 5.88 Å². The normalized spacial score (nSPS) is 15.7. The number of hydrogen-bond acceptors (Lipinski definition) is 4. The minimum absolute atomic E-state index is 0.00168. The van der Waals surface area contributed by atoms with Gasteiger partial charge in [0.2, 0.25) is 0 Å². The molecule has 0 unspecified atom stereocenters. The van der Waals surface area contributed by atoms with Crippen LogP contribution in [-0.4, -0.2) is 45.2 Å². The van der Waals surface area contributed by atoms with Crippen molar-refractivity contribution in [3.05, 3.63) is 30.2 Å². The van der Waals surface area contributed by atoms with Gasteiger partial charge in [-0.1, -0.05) is 0 Å². The molecule has 0 N–H and O–H groups in total. The zero-order chi connectivity index (χ0) is 15.9. The average Bonchev–Trinajstić information content (AvgIpc) is 2.75. The van der Waals surface area contributed by atoms with Crippen LogP contribution in [-0.2, 0) is 4.74 Å². The molecule has 2 aromatic heterocycles. The molecule has 0 saturated carbocycles. The van der Waals surface area contributed by atoms with Crippen LogP contribution in [0, 0.1) is 6.92 Å². The Labute approximate surface area is 129 Å². The molecule has 3 heterocycles. The van der Waals surface area contributed by atoms with E-state index in [0.29, 0.717) is 13.1 Å². The lowest BCUT2D eigenvalue weighted by molar-refractivity contribution is -0.0234. The summed E-state index contributed by atoms with van der Waals surface area (Å²) in [6, 6.07) is 3.90. The smallest absolute Gasteiger partial charge is 0.410 e. The molecule has 0 radical (unpaired) electrons. The first-order valence-electron chi connectivity index (χ1n) is 7.40. The summed E-state index contributed by atoms with van der Waals surface area (Å²) < 4.78 is 13.3. The van der Waals surface area contributed by atoms with E-state index in [1.54, 1.807) is 17.3 Å². The summed E-state index contributed by atoms with van der Waals surface area (Å²) >= 11 is 0. The van der Waals surface area contributed by atoms with Gasteiger partial charge in [-0.25, -0.2) is 4.79 Å². The summed E-state index contributed by atoms with van der Waals surface area (Å²) in [5.41, 5.74) is 1.55. The number of fused-ring (bicyclic) bond motifs is 1. The Bertz CT molecular complexity index is 696. The maximum Gasteiger partial charge on any atom is 0.410 e. The third-order valence-corrected chi connectivity index (χ3v) is 3.48. The quantitative estimate of drug-likeness (QED) is 0.856. The van der Waals surface area contributed by atoms with Crippen molar-refractivity contribution in [3.63, 3.8) is 0 Å². The molecule has 6 nitrogen and oxygen atoms in total. The maximum atomic E-state index is 11.9. The van der Waals surface area contributed by atoms with Gasteiger partial charge in [-0.2, -0.15) is 0 Å². The summed E-state index contributed by atoms with van der Waals surface area (Å²) in [7, 11) is 0. The van der Waals surface area contributed by atoms with E-state index < -0.39 is 5.60 Å². The number of amides is 1. The molecule has 1 saturated heterocycles. The second-order valence-corrected chi connectivity index (χ2v) is 6.61. The number of likely N-dealkylation sites (tertiary alicyclic amines) is 1. The molecular weight excluding hydrogens is 282 g/mol. The van der Waals surface area contributed by atoms with Crippen LogP contribution >= 0.6 is 0 Å². The zero-order valence-corrected chi connectivity index (χ0v) is 13.4. The number of carbonyl (C=O) groups excluding carboxylic acids is 1. The second kappa shape index (κ2) is 5.19. The van der Waals surface area contributed by atoms with Crippen molar-refractivity contribution in [1.82, 2.24) is 14.3 Å². The molecule has 1 aliphatic rings. The highest BCUT2D eigenvalue weighted by molar-refractivity contribution is 5.69. The molecule has 1 aliphatic heterocycles. The van der Waals surface area contributed by atoms with Crippen molar-refractivity contribution in [2.75, 3.05) is 13.1 Å². The molecule has 0 spiro atoms. The number of ether oxygens (including phenoxy) is 2. The van der Waals surface area contributed by atoms with E-state index in [2.05, 4.69) is 4.98 Å². The minimum atomic E-state index is -0.467. The molecule has 6 heteroatoms. The zero-order valence-electron chi connectivity index (χ0n) is 13.4. The van der Waals surface area contributed by atoms with Gasteiger partial charge in [-0.15, -0.1) is 0 Å². The van der Waals surface area contributed by atoms with Crippen LogP contribution in [0.25, 0.3) is 5.52 Å². The number of aromatic nitrogens is 2. The molecule has 3 rings (SSSR count). The number of rotatable bonds is 2.